The maximum absolute atomic E-state index is 12.8. The second kappa shape index (κ2) is 13.0. The summed E-state index contributed by atoms with van der Waals surface area (Å²) in [6.45, 7) is 4.66. The number of amides is 1. The van der Waals surface area contributed by atoms with Gasteiger partial charge in [-0.25, -0.2) is 9.78 Å². The van der Waals surface area contributed by atoms with Crippen LogP contribution in [-0.4, -0.2) is 42.3 Å². The van der Waals surface area contributed by atoms with Crippen molar-refractivity contribution in [2.75, 3.05) is 25.6 Å². The Kier molecular flexibility index (Phi) is 10.0. The van der Waals surface area contributed by atoms with Crippen molar-refractivity contribution in [3.8, 4) is 11.3 Å². The van der Waals surface area contributed by atoms with E-state index in [4.69, 9.17) is 37.8 Å². The van der Waals surface area contributed by atoms with Crippen LogP contribution >= 0.6 is 34.5 Å². The Balaban J connectivity index is 1.75. The van der Waals surface area contributed by atoms with Gasteiger partial charge in [-0.3, -0.25) is 10.1 Å². The van der Waals surface area contributed by atoms with E-state index < -0.39 is 11.9 Å². The number of carboxylic acids is 1. The average molecular weight is 549 g/mol. The molecule has 0 saturated heterocycles. The lowest BCUT2D eigenvalue weighted by Crippen LogP contribution is -2.12. The minimum atomic E-state index is -1.09. The third-order valence-corrected chi connectivity index (χ3v) is 6.71. The summed E-state index contributed by atoms with van der Waals surface area (Å²) < 4.78 is 11.1. The lowest BCUT2D eigenvalue weighted by atomic mass is 10.0. The highest BCUT2D eigenvalue weighted by atomic mass is 35.5. The molecule has 3 rings (SSSR count). The molecule has 1 atom stereocenters. The summed E-state index contributed by atoms with van der Waals surface area (Å²) in [6, 6.07) is 10.8. The molecule has 0 spiro atoms. The fourth-order valence-corrected chi connectivity index (χ4v) is 4.73. The fourth-order valence-electron chi connectivity index (χ4n) is 3.42. The number of carboxylic acid groups (broad SMARTS) is 1. The largest absolute Gasteiger partial charge is 0.478 e. The lowest BCUT2D eigenvalue weighted by Gasteiger charge is -2.16. The molecule has 0 aliphatic carbocycles. The van der Waals surface area contributed by atoms with Gasteiger partial charge in [0.2, 0.25) is 0 Å². The second-order valence-electron chi connectivity index (χ2n) is 7.81. The predicted molar refractivity (Wildman–Crippen MR) is 144 cm³/mol. The zero-order valence-electron chi connectivity index (χ0n) is 20.0. The standard InChI is InChI=1S/C26H26Cl2N2O5S/c1-4-35-9-8-23(34-3)17-7-5-6-16(11-17)22-14-36-26(29-22)30-24(31)18-12-20(27)19(21(28)13-18)10-15(2)25(32)33/h5-7,10-14,23H,4,8-9H2,1-3H3,(H,32,33)(H,29,30,31)/b15-10+. The Morgan fingerprint density at radius 1 is 1.22 bits per heavy atom. The Labute approximate surface area is 223 Å². The first-order chi connectivity index (χ1) is 17.2. The quantitative estimate of drug-likeness (QED) is 0.198. The van der Waals surface area contributed by atoms with E-state index in [-0.39, 0.29) is 27.3 Å². The van der Waals surface area contributed by atoms with Crippen LogP contribution in [-0.2, 0) is 14.3 Å². The number of aliphatic carboxylic acids is 1. The lowest BCUT2D eigenvalue weighted by molar-refractivity contribution is -0.132. The monoisotopic (exact) mass is 548 g/mol. The number of anilines is 1. The fraction of sp³-hybridized carbons (Fsp3) is 0.269. The van der Waals surface area contributed by atoms with Crippen molar-refractivity contribution >= 4 is 57.6 Å². The van der Waals surface area contributed by atoms with Crippen LogP contribution in [0.15, 0.2) is 47.4 Å². The van der Waals surface area contributed by atoms with E-state index in [2.05, 4.69) is 10.3 Å². The molecule has 0 aliphatic heterocycles. The second-order valence-corrected chi connectivity index (χ2v) is 9.49. The number of methoxy groups -OCH3 is 1. The average Bonchev–Trinajstić information content (AvgIpc) is 3.32. The molecule has 0 bridgehead atoms. The molecule has 1 unspecified atom stereocenters. The third-order valence-electron chi connectivity index (χ3n) is 5.33. The van der Waals surface area contributed by atoms with Crippen molar-refractivity contribution in [3.05, 3.63) is 74.1 Å². The number of rotatable bonds is 11. The number of thiazole rings is 1. The Bertz CT molecular complexity index is 1250. The molecule has 2 aromatic carbocycles. The first-order valence-corrected chi connectivity index (χ1v) is 12.7. The molecule has 10 heteroatoms. The molecule has 36 heavy (non-hydrogen) atoms. The van der Waals surface area contributed by atoms with Crippen LogP contribution in [0.25, 0.3) is 17.3 Å². The Hall–Kier alpha value is -2.75. The van der Waals surface area contributed by atoms with Gasteiger partial charge in [-0.1, -0.05) is 41.4 Å². The van der Waals surface area contributed by atoms with E-state index in [1.165, 1.54) is 36.5 Å². The van der Waals surface area contributed by atoms with E-state index in [0.29, 0.717) is 23.9 Å². The van der Waals surface area contributed by atoms with Gasteiger partial charge in [0.1, 0.15) is 0 Å². The van der Waals surface area contributed by atoms with E-state index in [1.807, 2.05) is 36.6 Å². The van der Waals surface area contributed by atoms with Gasteiger partial charge in [0.15, 0.2) is 5.13 Å². The van der Waals surface area contributed by atoms with Gasteiger partial charge >= 0.3 is 5.97 Å². The van der Waals surface area contributed by atoms with Gasteiger partial charge in [-0.2, -0.15) is 0 Å². The molecular formula is C26H26Cl2N2O5S. The van der Waals surface area contributed by atoms with Crippen molar-refractivity contribution in [1.82, 2.24) is 4.98 Å². The number of carbonyl (C=O) groups excluding carboxylic acids is 1. The molecule has 0 radical (unpaired) electrons. The summed E-state index contributed by atoms with van der Waals surface area (Å²) in [7, 11) is 1.68. The number of nitrogens with zero attached hydrogens (tertiary/aromatic N) is 1. The zero-order valence-corrected chi connectivity index (χ0v) is 22.3. The number of nitrogens with one attached hydrogen (secondary N) is 1. The third kappa shape index (κ3) is 7.15. The molecule has 0 fully saturated rings. The number of carbonyl (C=O) groups is 2. The summed E-state index contributed by atoms with van der Waals surface area (Å²) in [6.07, 6.45) is 2.00. The molecule has 2 N–H and O–H groups in total. The summed E-state index contributed by atoms with van der Waals surface area (Å²) >= 11 is 13.8. The highest BCUT2D eigenvalue weighted by molar-refractivity contribution is 7.14. The van der Waals surface area contributed by atoms with Gasteiger partial charge in [0, 0.05) is 54.4 Å². The van der Waals surface area contributed by atoms with Crippen LogP contribution in [0.4, 0.5) is 5.13 Å². The number of aromatic nitrogens is 1. The van der Waals surface area contributed by atoms with Crippen molar-refractivity contribution in [2.45, 2.75) is 26.4 Å². The van der Waals surface area contributed by atoms with E-state index in [9.17, 15) is 9.59 Å². The van der Waals surface area contributed by atoms with Crippen LogP contribution in [0.2, 0.25) is 10.0 Å². The molecule has 190 valence electrons. The molecule has 1 amide bonds. The minimum Gasteiger partial charge on any atom is -0.478 e. The highest BCUT2D eigenvalue weighted by Crippen LogP contribution is 2.31. The van der Waals surface area contributed by atoms with Crippen molar-refractivity contribution < 1.29 is 24.2 Å². The molecule has 1 heterocycles. The van der Waals surface area contributed by atoms with Gasteiger partial charge in [-0.15, -0.1) is 11.3 Å². The number of ether oxygens (including phenoxy) is 2. The minimum absolute atomic E-state index is 0.0708. The summed E-state index contributed by atoms with van der Waals surface area (Å²) in [5, 5.41) is 14.5. The summed E-state index contributed by atoms with van der Waals surface area (Å²) in [5.41, 5.74) is 3.27. The SMILES string of the molecule is CCOCCC(OC)c1cccc(-c2csc(NC(=O)c3cc(Cl)c(/C=C(\C)C(=O)O)c(Cl)c3)n2)c1. The number of hydrogen-bond donors (Lipinski definition) is 2. The van der Waals surface area contributed by atoms with Crippen molar-refractivity contribution in [3.63, 3.8) is 0 Å². The Morgan fingerprint density at radius 2 is 1.94 bits per heavy atom. The van der Waals surface area contributed by atoms with Crippen LogP contribution in [0.1, 0.15) is 47.9 Å². The van der Waals surface area contributed by atoms with Gasteiger partial charge in [0.05, 0.1) is 21.8 Å². The predicted octanol–water partition coefficient (Wildman–Crippen LogP) is 6.97. The summed E-state index contributed by atoms with van der Waals surface area (Å²) in [4.78, 5) is 28.5. The zero-order chi connectivity index (χ0) is 26.2. The molecule has 0 aliphatic rings. The topological polar surface area (TPSA) is 97.8 Å². The van der Waals surface area contributed by atoms with Gasteiger partial charge in [0.25, 0.3) is 5.91 Å². The first-order valence-electron chi connectivity index (χ1n) is 11.1. The maximum atomic E-state index is 12.8. The van der Waals surface area contributed by atoms with E-state index >= 15 is 0 Å². The normalized spacial score (nSPS) is 12.4. The molecule has 3 aromatic rings. The van der Waals surface area contributed by atoms with Gasteiger partial charge in [-0.05, 0) is 43.7 Å². The first kappa shape index (κ1) is 27.8. The molecular weight excluding hydrogens is 523 g/mol. The van der Waals surface area contributed by atoms with Crippen LogP contribution in [0.5, 0.6) is 0 Å². The van der Waals surface area contributed by atoms with E-state index in [0.717, 1.165) is 23.2 Å². The highest BCUT2D eigenvalue weighted by Gasteiger charge is 2.16. The van der Waals surface area contributed by atoms with Crippen molar-refractivity contribution in [2.24, 2.45) is 0 Å². The van der Waals surface area contributed by atoms with Crippen LogP contribution < -0.4 is 5.32 Å². The Morgan fingerprint density at radius 3 is 2.58 bits per heavy atom. The van der Waals surface area contributed by atoms with Crippen LogP contribution in [0.3, 0.4) is 0 Å². The van der Waals surface area contributed by atoms with Crippen LogP contribution in [0, 0.1) is 0 Å². The maximum Gasteiger partial charge on any atom is 0.331 e. The molecule has 1 aromatic heterocycles. The smallest absolute Gasteiger partial charge is 0.331 e. The molecule has 7 nitrogen and oxygen atoms in total. The number of hydrogen-bond acceptors (Lipinski definition) is 6. The number of benzene rings is 2. The molecule has 0 saturated carbocycles. The number of halogens is 2. The van der Waals surface area contributed by atoms with E-state index in [1.54, 1.807) is 7.11 Å². The van der Waals surface area contributed by atoms with Crippen molar-refractivity contribution in [1.29, 1.82) is 0 Å². The summed E-state index contributed by atoms with van der Waals surface area (Å²) in [5.74, 6) is -1.52. The van der Waals surface area contributed by atoms with Gasteiger partial charge < -0.3 is 14.6 Å².